The highest BCUT2D eigenvalue weighted by atomic mass is 35.5. The second-order valence-electron chi connectivity index (χ2n) is 10.6. The molecule has 11 heteroatoms. The second-order valence-corrected chi connectivity index (χ2v) is 11.0. The zero-order valence-electron chi connectivity index (χ0n) is 19.8. The first-order chi connectivity index (χ1) is 17.0. The summed E-state index contributed by atoms with van der Waals surface area (Å²) >= 11 is 6.40. The maximum absolute atomic E-state index is 14.8. The molecule has 190 valence electrons. The van der Waals surface area contributed by atoms with E-state index in [9.17, 15) is 9.18 Å². The summed E-state index contributed by atoms with van der Waals surface area (Å²) in [5.74, 6) is 2.64. The number of nitrogens with one attached hydrogen (secondary N) is 1. The number of likely N-dealkylation sites (tertiary alicyclic amines) is 1. The standard InChI is InChI=1S/C24H32ClFN6O3/c25-19-18(27-13-24(26)8-1-11-34-14-24)12-28-32(23(19)33)17-6-9-31(10-7-17)20(15-2-3-15)22-29-21(30-35-22)16-4-5-16/h12,15-17,20,27H,1-11,13-14H2. The molecule has 0 bridgehead atoms. The lowest BCUT2D eigenvalue weighted by molar-refractivity contribution is -0.0234. The molecule has 4 heterocycles. The van der Waals surface area contributed by atoms with Crippen LogP contribution in [-0.4, -0.2) is 63.3 Å². The molecule has 9 nitrogen and oxygen atoms in total. The van der Waals surface area contributed by atoms with E-state index in [4.69, 9.17) is 25.8 Å². The van der Waals surface area contributed by atoms with E-state index >= 15 is 0 Å². The molecule has 2 saturated carbocycles. The van der Waals surface area contributed by atoms with Crippen LogP contribution in [0.5, 0.6) is 0 Å². The first kappa shape index (κ1) is 23.4. The highest BCUT2D eigenvalue weighted by molar-refractivity contribution is 6.32. The molecule has 4 aliphatic rings. The van der Waals surface area contributed by atoms with Gasteiger partial charge in [0.15, 0.2) is 11.5 Å². The Balaban J connectivity index is 1.10. The largest absolute Gasteiger partial charge is 0.379 e. The van der Waals surface area contributed by atoms with Gasteiger partial charge < -0.3 is 14.6 Å². The van der Waals surface area contributed by atoms with Crippen LogP contribution < -0.4 is 10.9 Å². The molecular formula is C24H32ClFN6O3. The molecule has 2 aliphatic carbocycles. The van der Waals surface area contributed by atoms with Crippen molar-refractivity contribution in [1.29, 1.82) is 0 Å². The van der Waals surface area contributed by atoms with Crippen molar-refractivity contribution in [3.05, 3.63) is 33.3 Å². The number of hydrogen-bond donors (Lipinski definition) is 1. The van der Waals surface area contributed by atoms with Crippen LogP contribution in [0.25, 0.3) is 0 Å². The molecule has 1 N–H and O–H groups in total. The van der Waals surface area contributed by atoms with Gasteiger partial charge in [-0.15, -0.1) is 0 Å². The molecule has 35 heavy (non-hydrogen) atoms. The molecule has 0 aromatic carbocycles. The van der Waals surface area contributed by atoms with Gasteiger partial charge in [-0.05, 0) is 57.3 Å². The van der Waals surface area contributed by atoms with Gasteiger partial charge in [-0.25, -0.2) is 9.07 Å². The molecule has 2 unspecified atom stereocenters. The van der Waals surface area contributed by atoms with Gasteiger partial charge in [0.1, 0.15) is 5.02 Å². The minimum absolute atomic E-state index is 0.0332. The molecule has 4 fully saturated rings. The van der Waals surface area contributed by atoms with Gasteiger partial charge in [-0.3, -0.25) is 9.69 Å². The van der Waals surface area contributed by atoms with E-state index in [0.717, 1.165) is 50.5 Å². The van der Waals surface area contributed by atoms with E-state index < -0.39 is 5.67 Å². The van der Waals surface area contributed by atoms with E-state index in [1.54, 1.807) is 0 Å². The molecule has 2 saturated heterocycles. The van der Waals surface area contributed by atoms with Crippen LogP contribution in [0.4, 0.5) is 10.1 Å². The lowest BCUT2D eigenvalue weighted by Gasteiger charge is -2.36. The summed E-state index contributed by atoms with van der Waals surface area (Å²) in [6.07, 6.45) is 8.89. The summed E-state index contributed by atoms with van der Waals surface area (Å²) in [7, 11) is 0. The van der Waals surface area contributed by atoms with Crippen LogP contribution in [-0.2, 0) is 4.74 Å². The monoisotopic (exact) mass is 506 g/mol. The fraction of sp³-hybridized carbons (Fsp3) is 0.750. The smallest absolute Gasteiger partial charge is 0.287 e. The maximum atomic E-state index is 14.8. The van der Waals surface area contributed by atoms with E-state index in [-0.39, 0.29) is 35.8 Å². The average Bonchev–Trinajstić information content (AvgIpc) is 3.81. The molecule has 0 radical (unpaired) electrons. The summed E-state index contributed by atoms with van der Waals surface area (Å²) in [6.45, 7) is 2.32. The van der Waals surface area contributed by atoms with Crippen molar-refractivity contribution in [2.75, 3.05) is 38.2 Å². The van der Waals surface area contributed by atoms with Crippen molar-refractivity contribution in [3.63, 3.8) is 0 Å². The fourth-order valence-electron chi connectivity index (χ4n) is 5.39. The topological polar surface area (TPSA) is 98.3 Å². The normalized spacial score (nSPS) is 27.1. The van der Waals surface area contributed by atoms with Crippen molar-refractivity contribution in [2.24, 2.45) is 5.92 Å². The van der Waals surface area contributed by atoms with Gasteiger partial charge in [0, 0.05) is 25.6 Å². The Hall–Kier alpha value is -2.04. The number of piperidine rings is 1. The SMILES string of the molecule is O=c1c(Cl)c(NCC2(F)CCCOC2)cnn1C1CCN(C(c2nc(C3CC3)no2)C2CC2)CC1. The van der Waals surface area contributed by atoms with Gasteiger partial charge in [0.25, 0.3) is 5.56 Å². The molecule has 2 atom stereocenters. The number of halogens is 2. The number of ether oxygens (including phenoxy) is 1. The maximum Gasteiger partial charge on any atom is 0.287 e. The molecule has 2 aliphatic heterocycles. The summed E-state index contributed by atoms with van der Waals surface area (Å²) in [5.41, 5.74) is -1.43. The van der Waals surface area contributed by atoms with Gasteiger partial charge in [0.2, 0.25) is 5.89 Å². The average molecular weight is 507 g/mol. The Morgan fingerprint density at radius 1 is 1.23 bits per heavy atom. The summed E-state index contributed by atoms with van der Waals surface area (Å²) in [5, 5.41) is 11.7. The van der Waals surface area contributed by atoms with E-state index in [0.29, 0.717) is 37.0 Å². The minimum Gasteiger partial charge on any atom is -0.379 e. The summed E-state index contributed by atoms with van der Waals surface area (Å²) in [6, 6.07) is 0.127. The molecule has 2 aromatic rings. The molecule has 0 spiro atoms. The predicted octanol–water partition coefficient (Wildman–Crippen LogP) is 3.88. The van der Waals surface area contributed by atoms with E-state index in [2.05, 4.69) is 20.5 Å². The zero-order chi connectivity index (χ0) is 24.0. The van der Waals surface area contributed by atoms with Gasteiger partial charge in [-0.2, -0.15) is 10.1 Å². The first-order valence-corrected chi connectivity index (χ1v) is 13.2. The van der Waals surface area contributed by atoms with Gasteiger partial charge in [0.05, 0.1) is 37.1 Å². The number of alkyl halides is 1. The van der Waals surface area contributed by atoms with Crippen molar-refractivity contribution in [1.82, 2.24) is 24.8 Å². The van der Waals surface area contributed by atoms with Crippen molar-refractivity contribution < 1.29 is 13.7 Å². The first-order valence-electron chi connectivity index (χ1n) is 12.9. The van der Waals surface area contributed by atoms with Crippen molar-refractivity contribution in [2.45, 2.75) is 75.0 Å². The number of aromatic nitrogens is 4. The van der Waals surface area contributed by atoms with E-state index in [1.165, 1.54) is 23.7 Å². The number of rotatable bonds is 8. The van der Waals surface area contributed by atoms with E-state index in [1.807, 2.05) is 0 Å². The number of anilines is 1. The molecule has 2 aromatic heterocycles. The summed E-state index contributed by atoms with van der Waals surface area (Å²) in [4.78, 5) is 20.2. The lowest BCUT2D eigenvalue weighted by Crippen LogP contribution is -2.42. The van der Waals surface area contributed by atoms with Crippen LogP contribution in [0.3, 0.4) is 0 Å². The van der Waals surface area contributed by atoms with Gasteiger partial charge in [-0.1, -0.05) is 16.8 Å². The number of hydrogen-bond acceptors (Lipinski definition) is 8. The van der Waals surface area contributed by atoms with Crippen molar-refractivity contribution in [3.8, 4) is 0 Å². The Morgan fingerprint density at radius 3 is 2.71 bits per heavy atom. The van der Waals surface area contributed by atoms with Crippen molar-refractivity contribution >= 4 is 17.3 Å². The quantitative estimate of drug-likeness (QED) is 0.576. The Labute approximate surface area is 208 Å². The molecular weight excluding hydrogens is 475 g/mol. The van der Waals surface area contributed by atoms with Crippen LogP contribution in [0.1, 0.15) is 81.1 Å². The highest BCUT2D eigenvalue weighted by Crippen LogP contribution is 2.46. The summed E-state index contributed by atoms with van der Waals surface area (Å²) < 4.78 is 27.3. The van der Waals surface area contributed by atoms with Gasteiger partial charge >= 0.3 is 0 Å². The third-order valence-corrected chi connectivity index (χ3v) is 8.14. The zero-order valence-corrected chi connectivity index (χ0v) is 20.6. The Bertz CT molecular complexity index is 1100. The lowest BCUT2D eigenvalue weighted by atomic mass is 9.99. The number of nitrogens with zero attached hydrogens (tertiary/aromatic N) is 5. The minimum atomic E-state index is -1.46. The van der Waals surface area contributed by atoms with Crippen LogP contribution in [0.2, 0.25) is 5.02 Å². The fourth-order valence-corrected chi connectivity index (χ4v) is 5.59. The Kier molecular flexibility index (Phi) is 6.30. The Morgan fingerprint density at radius 2 is 2.03 bits per heavy atom. The third-order valence-electron chi connectivity index (χ3n) is 7.77. The molecule has 0 amide bonds. The van der Waals surface area contributed by atoms with Crippen LogP contribution >= 0.6 is 11.6 Å². The highest BCUT2D eigenvalue weighted by Gasteiger charge is 2.42. The predicted molar refractivity (Wildman–Crippen MR) is 127 cm³/mol. The third kappa shape index (κ3) is 4.97. The second kappa shape index (κ2) is 9.44. The molecule has 6 rings (SSSR count). The van der Waals surface area contributed by atoms with Crippen LogP contribution in [0, 0.1) is 5.92 Å². The van der Waals surface area contributed by atoms with Crippen LogP contribution in [0.15, 0.2) is 15.5 Å².